The highest BCUT2D eigenvalue weighted by molar-refractivity contribution is 6.42. The first-order valence-corrected chi connectivity index (χ1v) is 15.6. The summed E-state index contributed by atoms with van der Waals surface area (Å²) in [4.78, 5) is 26.7. The second kappa shape index (κ2) is 12.0. The van der Waals surface area contributed by atoms with Crippen molar-refractivity contribution in [1.82, 2.24) is 0 Å². The van der Waals surface area contributed by atoms with Crippen LogP contribution in [0.5, 0.6) is 0 Å². The van der Waals surface area contributed by atoms with Crippen molar-refractivity contribution in [3.63, 3.8) is 0 Å². The minimum atomic E-state index is -0.351. The Morgan fingerprint density at radius 2 is 1.30 bits per heavy atom. The molecule has 0 saturated carbocycles. The third-order valence-corrected chi connectivity index (χ3v) is 8.74. The summed E-state index contributed by atoms with van der Waals surface area (Å²) in [5.41, 5.74) is 0.850. The summed E-state index contributed by atoms with van der Waals surface area (Å²) in [5.74, 6) is 2.17. The van der Waals surface area contributed by atoms with Crippen LogP contribution in [0.1, 0.15) is 58.4 Å². The van der Waals surface area contributed by atoms with Crippen molar-refractivity contribution < 1.29 is 9.15 Å². The van der Waals surface area contributed by atoms with E-state index in [1.54, 1.807) is 42.5 Å². The van der Waals surface area contributed by atoms with Crippen molar-refractivity contribution in [3.05, 3.63) is 134 Å². The fraction of sp³-hybridized carbons (Fsp3) is 0.250. The molecule has 1 unspecified atom stereocenters. The molecule has 1 atom stereocenters. The van der Waals surface area contributed by atoms with E-state index in [2.05, 4.69) is 0 Å². The molecule has 5 rings (SSSR count). The van der Waals surface area contributed by atoms with Gasteiger partial charge in [0.25, 0.3) is 0 Å². The van der Waals surface area contributed by atoms with Crippen LogP contribution < -0.4 is 21.3 Å². The summed E-state index contributed by atoms with van der Waals surface area (Å²) in [6.07, 6.45) is 7.09. The van der Waals surface area contributed by atoms with Crippen LogP contribution in [0.15, 0.2) is 80.4 Å². The lowest BCUT2D eigenvalue weighted by atomic mass is 9.88. The molecule has 2 heterocycles. The van der Waals surface area contributed by atoms with E-state index in [-0.39, 0.29) is 38.0 Å². The van der Waals surface area contributed by atoms with Gasteiger partial charge in [0.2, 0.25) is 10.9 Å². The molecule has 0 N–H and O–H groups in total. The first kappa shape index (κ1) is 32.2. The number of ether oxygens (including phenoxy) is 1. The molecule has 4 nitrogen and oxygen atoms in total. The molecule has 0 amide bonds. The highest BCUT2D eigenvalue weighted by Crippen LogP contribution is 2.38. The molecule has 0 radical (unpaired) electrons. The fourth-order valence-corrected chi connectivity index (χ4v) is 5.33. The zero-order valence-electron chi connectivity index (χ0n) is 25.2. The van der Waals surface area contributed by atoms with Crippen molar-refractivity contribution in [2.75, 3.05) is 0 Å². The Hall–Kier alpha value is -3.15. The van der Waals surface area contributed by atoms with E-state index in [0.717, 1.165) is 16.9 Å². The topological polar surface area (TPSA) is 54.7 Å². The predicted molar refractivity (Wildman–Crippen MR) is 182 cm³/mol. The quantitative estimate of drug-likeness (QED) is 0.204. The van der Waals surface area contributed by atoms with Crippen molar-refractivity contribution in [1.29, 1.82) is 0 Å². The van der Waals surface area contributed by atoms with Gasteiger partial charge in [-0.15, -0.1) is 0 Å². The molecule has 226 valence electrons. The number of allylic oxidation sites excluding steroid dienone is 3. The molecule has 4 aromatic rings. The zero-order chi connectivity index (χ0) is 32.1. The third kappa shape index (κ3) is 6.74. The van der Waals surface area contributed by atoms with E-state index >= 15 is 0 Å². The van der Waals surface area contributed by atoms with Gasteiger partial charge in [0, 0.05) is 23.0 Å². The zero-order valence-corrected chi connectivity index (χ0v) is 28.2. The van der Waals surface area contributed by atoms with Crippen LogP contribution in [0.4, 0.5) is 0 Å². The van der Waals surface area contributed by atoms with Gasteiger partial charge in [-0.2, -0.15) is 0 Å². The standard InChI is InChI=1S/C36H31Cl4O4/c1-35(2,3)31-15-19(13-29(43-31)21-7-9-25(37)27(39)17-21)11-23-33(41)24(34(23)42)12-20-14-30(44-32(16-20)36(4,5)6)22-8-10-26(38)28(40)18-22/h7-19H,1-6H3/q+1. The Balaban J connectivity index is 1.59. The largest absolute Gasteiger partial charge is 0.461 e. The molecule has 0 aliphatic carbocycles. The van der Waals surface area contributed by atoms with Gasteiger partial charge in [-0.05, 0) is 81.0 Å². The van der Waals surface area contributed by atoms with Gasteiger partial charge in [0.15, 0.2) is 0 Å². The van der Waals surface area contributed by atoms with Crippen molar-refractivity contribution >= 4 is 64.3 Å². The van der Waals surface area contributed by atoms with Gasteiger partial charge < -0.3 is 4.74 Å². The second-order valence-corrected chi connectivity index (χ2v) is 14.5. The molecule has 0 bridgehead atoms. The molecule has 0 spiro atoms. The summed E-state index contributed by atoms with van der Waals surface area (Å²) >= 11 is 24.8. The van der Waals surface area contributed by atoms with Crippen molar-refractivity contribution in [2.45, 2.75) is 47.0 Å². The first-order valence-electron chi connectivity index (χ1n) is 14.1. The molecule has 0 fully saturated rings. The maximum Gasteiger partial charge on any atom is 0.360 e. The van der Waals surface area contributed by atoms with Gasteiger partial charge in [0.05, 0.1) is 47.6 Å². The molecule has 0 saturated heterocycles. The number of hydrogen-bond acceptors (Lipinski definition) is 3. The lowest BCUT2D eigenvalue weighted by molar-refractivity contribution is 0.257. The van der Waals surface area contributed by atoms with Crippen LogP contribution in [0.25, 0.3) is 29.2 Å². The molecular formula is C36H31Cl4O4+. The van der Waals surface area contributed by atoms with E-state index in [4.69, 9.17) is 55.6 Å². The van der Waals surface area contributed by atoms with Gasteiger partial charge in [0.1, 0.15) is 11.5 Å². The van der Waals surface area contributed by atoms with Crippen LogP contribution >= 0.6 is 46.4 Å². The summed E-state index contributed by atoms with van der Waals surface area (Å²) in [7, 11) is 0. The number of benzene rings is 2. The number of rotatable bonds is 4. The summed E-state index contributed by atoms with van der Waals surface area (Å²) in [6, 6.07) is 14.1. The number of halogens is 4. The van der Waals surface area contributed by atoms with Crippen molar-refractivity contribution in [2.24, 2.45) is 11.3 Å². The average molecular weight is 669 g/mol. The maximum atomic E-state index is 13.4. The highest BCUT2D eigenvalue weighted by atomic mass is 35.5. The van der Waals surface area contributed by atoms with E-state index < -0.39 is 0 Å². The monoisotopic (exact) mass is 667 g/mol. The van der Waals surface area contributed by atoms with Gasteiger partial charge in [-0.3, -0.25) is 9.59 Å². The molecule has 44 heavy (non-hydrogen) atoms. The smallest absolute Gasteiger partial charge is 0.360 e. The van der Waals surface area contributed by atoms with Gasteiger partial charge in [-0.25, -0.2) is 4.42 Å². The Kier molecular flexibility index (Phi) is 8.78. The molecule has 1 aliphatic heterocycles. The SMILES string of the molecule is CC(C)(C)C1=CC(C=c2c(=O)c(=Cc3cc(-c4ccc(Cl)c(Cl)c4)[o+]c(C(C)(C)C)c3)c2=O)C=C(c2ccc(Cl)c(Cl)c2)O1. The third-order valence-electron chi connectivity index (χ3n) is 7.26. The van der Waals surface area contributed by atoms with Gasteiger partial charge >= 0.3 is 11.5 Å². The van der Waals surface area contributed by atoms with E-state index in [1.807, 2.05) is 71.9 Å². The van der Waals surface area contributed by atoms with Crippen LogP contribution in [-0.4, -0.2) is 0 Å². The molecule has 3 aromatic carbocycles. The highest BCUT2D eigenvalue weighted by Gasteiger charge is 2.30. The van der Waals surface area contributed by atoms with E-state index in [9.17, 15) is 9.59 Å². The van der Waals surface area contributed by atoms with E-state index in [0.29, 0.717) is 42.9 Å². The predicted octanol–water partition coefficient (Wildman–Crippen LogP) is 8.96. The second-order valence-electron chi connectivity index (χ2n) is 12.9. The maximum absolute atomic E-state index is 13.4. The molecule has 8 heteroatoms. The van der Waals surface area contributed by atoms with Crippen LogP contribution in [0.3, 0.4) is 0 Å². The van der Waals surface area contributed by atoms with Crippen molar-refractivity contribution in [3.8, 4) is 11.3 Å². The first-order chi connectivity index (χ1) is 20.5. The Labute approximate surface area is 276 Å². The van der Waals surface area contributed by atoms with Crippen LogP contribution in [0, 0.1) is 11.3 Å². The van der Waals surface area contributed by atoms with Gasteiger partial charge in [-0.1, -0.05) is 73.3 Å². The summed E-state index contributed by atoms with van der Waals surface area (Å²) < 4.78 is 12.5. The summed E-state index contributed by atoms with van der Waals surface area (Å²) in [5, 5.41) is 1.92. The number of hydrogen-bond donors (Lipinski definition) is 0. The average Bonchev–Trinajstić information content (AvgIpc) is 2.96. The lowest BCUT2D eigenvalue weighted by Crippen LogP contribution is -2.64. The molecule has 1 aromatic heterocycles. The summed E-state index contributed by atoms with van der Waals surface area (Å²) in [6.45, 7) is 12.2. The Bertz CT molecular complexity index is 2020. The van der Waals surface area contributed by atoms with E-state index in [1.165, 1.54) is 0 Å². The molecular weight excluding hydrogens is 638 g/mol. The van der Waals surface area contributed by atoms with Crippen LogP contribution in [-0.2, 0) is 10.2 Å². The minimum Gasteiger partial charge on any atom is -0.461 e. The normalized spacial score (nSPS) is 15.5. The Morgan fingerprint density at radius 1 is 0.705 bits per heavy atom. The fourth-order valence-electron chi connectivity index (χ4n) is 4.73. The molecule has 1 aliphatic rings. The Morgan fingerprint density at radius 3 is 1.86 bits per heavy atom. The van der Waals surface area contributed by atoms with Crippen LogP contribution in [0.2, 0.25) is 20.1 Å². The minimum absolute atomic E-state index is 0.114. The lowest BCUT2D eigenvalue weighted by Gasteiger charge is -2.29.